The Kier molecular flexibility index (Phi) is 7.77. The molecule has 2 fully saturated rings. The van der Waals surface area contributed by atoms with Gasteiger partial charge in [-0.3, -0.25) is 4.79 Å². The third-order valence-electron chi connectivity index (χ3n) is 6.03. The van der Waals surface area contributed by atoms with E-state index >= 15 is 0 Å². The van der Waals surface area contributed by atoms with Crippen LogP contribution in [-0.2, 0) is 30.5 Å². The Morgan fingerprint density at radius 2 is 1.60 bits per heavy atom. The summed E-state index contributed by atoms with van der Waals surface area (Å²) in [6.07, 6.45) is 1.75. The molecule has 0 saturated carbocycles. The molecule has 12 heteroatoms. The van der Waals surface area contributed by atoms with Crippen LogP contribution in [0.5, 0.6) is 5.75 Å². The van der Waals surface area contributed by atoms with Crippen LogP contribution in [0.25, 0.3) is 0 Å². The van der Waals surface area contributed by atoms with Crippen molar-refractivity contribution >= 4 is 31.6 Å². The quantitative estimate of drug-likeness (QED) is 0.561. The van der Waals surface area contributed by atoms with Crippen LogP contribution in [0.1, 0.15) is 28.8 Å². The molecule has 2 aliphatic heterocycles. The van der Waals surface area contributed by atoms with Gasteiger partial charge in [0, 0.05) is 37.4 Å². The molecule has 2 aromatic rings. The number of methoxy groups -OCH3 is 1. The maximum atomic E-state index is 13.1. The minimum absolute atomic E-state index is 0.0397. The van der Waals surface area contributed by atoms with Gasteiger partial charge in [0.2, 0.25) is 20.0 Å². The number of nitrogens with one attached hydrogen (secondary N) is 1. The van der Waals surface area contributed by atoms with Crippen LogP contribution in [0.15, 0.2) is 47.4 Å². The number of anilines is 1. The van der Waals surface area contributed by atoms with Gasteiger partial charge in [-0.05, 0) is 48.7 Å². The van der Waals surface area contributed by atoms with Crippen LogP contribution in [-0.4, -0.2) is 77.9 Å². The standard InChI is InChI=1S/C23H29N3O7S2/c1-32-21-9-8-20(16-22(21)35(30,31)26-12-14-33-15-13-26)24-23(27)19-6-4-18(5-7-19)17-34(28,29)25-10-2-3-11-25/h4-9,16H,2-3,10-15,17H2,1H3,(H,24,27). The van der Waals surface area contributed by atoms with Crippen LogP contribution in [0.4, 0.5) is 5.69 Å². The molecule has 0 atom stereocenters. The number of hydrogen-bond acceptors (Lipinski definition) is 7. The molecule has 4 rings (SSSR count). The second-order valence-electron chi connectivity index (χ2n) is 8.40. The molecule has 1 amide bonds. The van der Waals surface area contributed by atoms with Crippen molar-refractivity contribution in [2.75, 3.05) is 51.8 Å². The highest BCUT2D eigenvalue weighted by atomic mass is 32.2. The van der Waals surface area contributed by atoms with Crippen molar-refractivity contribution in [3.63, 3.8) is 0 Å². The Morgan fingerprint density at radius 1 is 0.943 bits per heavy atom. The molecule has 10 nitrogen and oxygen atoms in total. The fraction of sp³-hybridized carbons (Fsp3) is 0.435. The topological polar surface area (TPSA) is 122 Å². The van der Waals surface area contributed by atoms with Gasteiger partial charge in [-0.1, -0.05) is 12.1 Å². The molecule has 0 aliphatic carbocycles. The van der Waals surface area contributed by atoms with Gasteiger partial charge in [-0.25, -0.2) is 21.1 Å². The maximum absolute atomic E-state index is 13.1. The Bertz CT molecular complexity index is 1270. The largest absolute Gasteiger partial charge is 0.495 e. The Balaban J connectivity index is 1.48. The number of carbonyl (C=O) groups is 1. The van der Waals surface area contributed by atoms with Crippen LogP contribution >= 0.6 is 0 Å². The average molecular weight is 524 g/mol. The third kappa shape index (κ3) is 5.84. The number of amides is 1. The zero-order valence-electron chi connectivity index (χ0n) is 19.5. The molecule has 1 N–H and O–H groups in total. The van der Waals surface area contributed by atoms with Gasteiger partial charge in [-0.2, -0.15) is 4.31 Å². The first-order valence-corrected chi connectivity index (χ1v) is 14.4. The van der Waals surface area contributed by atoms with E-state index in [2.05, 4.69) is 5.32 Å². The number of hydrogen-bond donors (Lipinski definition) is 1. The summed E-state index contributed by atoms with van der Waals surface area (Å²) in [6, 6.07) is 10.8. The van der Waals surface area contributed by atoms with Crippen LogP contribution in [0, 0.1) is 0 Å². The average Bonchev–Trinajstić information content (AvgIpc) is 3.41. The van der Waals surface area contributed by atoms with Crippen LogP contribution in [0.3, 0.4) is 0 Å². The normalized spacial score (nSPS) is 17.9. The summed E-state index contributed by atoms with van der Waals surface area (Å²) in [4.78, 5) is 12.8. The van der Waals surface area contributed by atoms with E-state index in [0.29, 0.717) is 43.1 Å². The Morgan fingerprint density at radius 3 is 2.23 bits per heavy atom. The number of ether oxygens (including phenoxy) is 2. The molecule has 0 radical (unpaired) electrons. The van der Waals surface area contributed by atoms with Gasteiger partial charge < -0.3 is 14.8 Å². The van der Waals surface area contributed by atoms with E-state index in [1.807, 2.05) is 0 Å². The lowest BCUT2D eigenvalue weighted by Crippen LogP contribution is -2.40. The minimum Gasteiger partial charge on any atom is -0.495 e. The molecule has 2 aromatic carbocycles. The first-order valence-electron chi connectivity index (χ1n) is 11.3. The van der Waals surface area contributed by atoms with Crippen molar-refractivity contribution in [1.29, 1.82) is 0 Å². The Labute approximate surface area is 205 Å². The summed E-state index contributed by atoms with van der Waals surface area (Å²) in [6.45, 7) is 2.20. The highest BCUT2D eigenvalue weighted by molar-refractivity contribution is 7.89. The first-order chi connectivity index (χ1) is 16.7. The van der Waals surface area contributed by atoms with Gasteiger partial charge in [0.05, 0.1) is 26.1 Å². The van der Waals surface area contributed by atoms with Crippen molar-refractivity contribution in [2.24, 2.45) is 0 Å². The van der Waals surface area contributed by atoms with Crippen LogP contribution < -0.4 is 10.1 Å². The molecular weight excluding hydrogens is 494 g/mol. The van der Waals surface area contributed by atoms with E-state index in [0.717, 1.165) is 12.8 Å². The number of benzene rings is 2. The fourth-order valence-corrected chi connectivity index (χ4v) is 7.31. The van der Waals surface area contributed by atoms with E-state index in [1.54, 1.807) is 30.3 Å². The van der Waals surface area contributed by atoms with Crippen molar-refractivity contribution < 1.29 is 31.1 Å². The fourth-order valence-electron chi connectivity index (χ4n) is 4.11. The van der Waals surface area contributed by atoms with E-state index < -0.39 is 26.0 Å². The Hall–Kier alpha value is -2.51. The van der Waals surface area contributed by atoms with Gasteiger partial charge in [0.25, 0.3) is 5.91 Å². The second-order valence-corrected chi connectivity index (χ2v) is 12.3. The number of rotatable bonds is 8. The lowest BCUT2D eigenvalue weighted by atomic mass is 10.1. The summed E-state index contributed by atoms with van der Waals surface area (Å²) >= 11 is 0. The summed E-state index contributed by atoms with van der Waals surface area (Å²) in [5.41, 5.74) is 1.21. The van der Waals surface area contributed by atoms with Gasteiger partial charge >= 0.3 is 0 Å². The number of morpholine rings is 1. The molecule has 0 unspecified atom stereocenters. The molecule has 2 aliphatic rings. The SMILES string of the molecule is COc1ccc(NC(=O)c2ccc(CS(=O)(=O)N3CCCC3)cc2)cc1S(=O)(=O)N1CCOCC1. The highest BCUT2D eigenvalue weighted by Gasteiger charge is 2.30. The maximum Gasteiger partial charge on any atom is 0.255 e. The predicted octanol–water partition coefficient (Wildman–Crippen LogP) is 1.89. The molecule has 190 valence electrons. The summed E-state index contributed by atoms with van der Waals surface area (Å²) in [5, 5.41) is 2.71. The van der Waals surface area contributed by atoms with E-state index in [9.17, 15) is 21.6 Å². The van der Waals surface area contributed by atoms with Crippen molar-refractivity contribution in [3.8, 4) is 5.75 Å². The lowest BCUT2D eigenvalue weighted by Gasteiger charge is -2.26. The predicted molar refractivity (Wildman–Crippen MR) is 130 cm³/mol. The van der Waals surface area contributed by atoms with E-state index in [1.165, 1.54) is 27.9 Å². The van der Waals surface area contributed by atoms with Gasteiger partial charge in [0.15, 0.2) is 0 Å². The molecule has 2 saturated heterocycles. The van der Waals surface area contributed by atoms with Gasteiger partial charge in [0.1, 0.15) is 10.6 Å². The molecule has 2 heterocycles. The van der Waals surface area contributed by atoms with E-state index in [-0.39, 0.29) is 29.5 Å². The zero-order chi connectivity index (χ0) is 25.1. The molecule has 0 spiro atoms. The van der Waals surface area contributed by atoms with Gasteiger partial charge in [-0.15, -0.1) is 0 Å². The second kappa shape index (κ2) is 10.6. The van der Waals surface area contributed by atoms with E-state index in [4.69, 9.17) is 9.47 Å². The molecule has 0 bridgehead atoms. The van der Waals surface area contributed by atoms with Crippen molar-refractivity contribution in [3.05, 3.63) is 53.6 Å². The summed E-state index contributed by atoms with van der Waals surface area (Å²) < 4.78 is 64.7. The first kappa shape index (κ1) is 25.6. The highest BCUT2D eigenvalue weighted by Crippen LogP contribution is 2.30. The molecule has 0 aromatic heterocycles. The summed E-state index contributed by atoms with van der Waals surface area (Å²) in [7, 11) is -5.83. The molecular formula is C23H29N3O7S2. The lowest BCUT2D eigenvalue weighted by molar-refractivity contribution is 0.0729. The zero-order valence-corrected chi connectivity index (χ0v) is 21.1. The monoisotopic (exact) mass is 523 g/mol. The molecule has 35 heavy (non-hydrogen) atoms. The number of carbonyl (C=O) groups excluding carboxylic acids is 1. The van der Waals surface area contributed by atoms with Crippen molar-refractivity contribution in [2.45, 2.75) is 23.5 Å². The number of sulfonamides is 2. The third-order valence-corrected chi connectivity index (χ3v) is 9.80. The van der Waals surface area contributed by atoms with Crippen molar-refractivity contribution in [1.82, 2.24) is 8.61 Å². The smallest absolute Gasteiger partial charge is 0.255 e. The summed E-state index contributed by atoms with van der Waals surface area (Å²) in [5.74, 6) is -0.382. The van der Waals surface area contributed by atoms with Crippen LogP contribution in [0.2, 0.25) is 0 Å². The minimum atomic E-state index is -3.84. The number of nitrogens with zero attached hydrogens (tertiary/aromatic N) is 2.